The van der Waals surface area contributed by atoms with Crippen molar-refractivity contribution in [3.05, 3.63) is 18.2 Å². The number of anilines is 2. The molecule has 9 nitrogen and oxygen atoms in total. The van der Waals surface area contributed by atoms with Gasteiger partial charge in [0.2, 0.25) is 17.8 Å². The van der Waals surface area contributed by atoms with Crippen LogP contribution >= 0.6 is 0 Å². The van der Waals surface area contributed by atoms with E-state index in [0.717, 1.165) is 37.8 Å². The minimum atomic E-state index is -0.545. The molecule has 2 aliphatic rings. The van der Waals surface area contributed by atoms with Crippen LogP contribution in [0, 0.1) is 0 Å². The Morgan fingerprint density at radius 2 is 2.00 bits per heavy atom. The maximum atomic E-state index is 12.0. The fourth-order valence-electron chi connectivity index (χ4n) is 3.74. The number of benzene rings is 1. The molecule has 0 radical (unpaired) electrons. The Kier molecular flexibility index (Phi) is 5.50. The van der Waals surface area contributed by atoms with Crippen LogP contribution in [-0.4, -0.2) is 44.3 Å². The molecule has 1 aromatic carbocycles. The van der Waals surface area contributed by atoms with E-state index >= 15 is 0 Å². The first kappa shape index (κ1) is 19.0. The Morgan fingerprint density at radius 1 is 1.26 bits per heavy atom. The summed E-state index contributed by atoms with van der Waals surface area (Å²) in [5, 5.41) is 2.80. The van der Waals surface area contributed by atoms with Crippen LogP contribution in [0.25, 0.3) is 0 Å². The quantitative estimate of drug-likeness (QED) is 0.714. The van der Waals surface area contributed by atoms with Crippen LogP contribution in [0.2, 0.25) is 0 Å². The van der Waals surface area contributed by atoms with Crippen LogP contribution < -0.4 is 26.4 Å². The molecule has 0 aromatic heterocycles. The van der Waals surface area contributed by atoms with Gasteiger partial charge in [0.1, 0.15) is 18.0 Å². The molecule has 5 N–H and O–H groups in total. The third-order valence-electron chi connectivity index (χ3n) is 4.84. The van der Waals surface area contributed by atoms with Gasteiger partial charge in [-0.3, -0.25) is 9.69 Å². The predicted molar refractivity (Wildman–Crippen MR) is 105 cm³/mol. The van der Waals surface area contributed by atoms with Crippen molar-refractivity contribution in [3.8, 4) is 5.75 Å². The van der Waals surface area contributed by atoms with E-state index in [0.29, 0.717) is 17.4 Å². The number of nitrogens with one attached hydrogen (secondary N) is 1. The summed E-state index contributed by atoms with van der Waals surface area (Å²) in [6.45, 7) is -0.0501. The summed E-state index contributed by atoms with van der Waals surface area (Å²) in [7, 11) is 3.01. The van der Waals surface area contributed by atoms with Crippen LogP contribution in [0.5, 0.6) is 5.75 Å². The van der Waals surface area contributed by atoms with E-state index in [4.69, 9.17) is 20.9 Å². The molecule has 1 fully saturated rings. The highest BCUT2D eigenvalue weighted by molar-refractivity contribution is 6.06. The second kappa shape index (κ2) is 7.83. The molecule has 9 heteroatoms. The van der Waals surface area contributed by atoms with Crippen molar-refractivity contribution in [2.45, 2.75) is 37.8 Å². The van der Waals surface area contributed by atoms with Gasteiger partial charge < -0.3 is 26.3 Å². The molecule has 0 atom stereocenters. The number of methoxy groups -OCH3 is 2. The molecule has 146 valence electrons. The normalized spacial score (nSPS) is 18.7. The lowest BCUT2D eigenvalue weighted by atomic mass is 9.87. The second-order valence-electron chi connectivity index (χ2n) is 6.68. The number of guanidine groups is 2. The fourth-order valence-corrected chi connectivity index (χ4v) is 3.74. The Hall–Kier alpha value is -2.81. The Morgan fingerprint density at radius 3 is 2.67 bits per heavy atom. The highest BCUT2D eigenvalue weighted by Gasteiger charge is 2.42. The molecule has 3 rings (SSSR count). The van der Waals surface area contributed by atoms with Crippen LogP contribution in [0.15, 0.2) is 28.2 Å². The van der Waals surface area contributed by atoms with Crippen molar-refractivity contribution in [2.75, 3.05) is 31.0 Å². The molecular formula is C18H26N6O3. The van der Waals surface area contributed by atoms with Gasteiger partial charge in [0.15, 0.2) is 0 Å². The van der Waals surface area contributed by atoms with Crippen molar-refractivity contribution in [1.29, 1.82) is 0 Å². The summed E-state index contributed by atoms with van der Waals surface area (Å²) < 4.78 is 10.2. The van der Waals surface area contributed by atoms with Crippen molar-refractivity contribution in [3.63, 3.8) is 0 Å². The zero-order valence-electron chi connectivity index (χ0n) is 15.7. The van der Waals surface area contributed by atoms with Crippen LogP contribution in [0.3, 0.4) is 0 Å². The zero-order chi connectivity index (χ0) is 19.4. The SMILES string of the molecule is COCC(=O)Nc1cc(N2C(N)=NC(N)=NC23CCCCC3)ccc1OC. The van der Waals surface area contributed by atoms with Crippen LogP contribution in [0.1, 0.15) is 32.1 Å². The number of carbonyl (C=O) groups is 1. The number of ether oxygens (including phenoxy) is 2. The number of nitrogens with two attached hydrogens (primary N) is 2. The average molecular weight is 374 g/mol. The summed E-state index contributed by atoms with van der Waals surface area (Å²) in [5.41, 5.74) is 12.9. The molecule has 1 amide bonds. The van der Waals surface area contributed by atoms with Gasteiger partial charge in [-0.25, -0.2) is 4.99 Å². The van der Waals surface area contributed by atoms with Crippen molar-refractivity contribution < 1.29 is 14.3 Å². The van der Waals surface area contributed by atoms with E-state index in [-0.39, 0.29) is 18.5 Å². The van der Waals surface area contributed by atoms with Crippen molar-refractivity contribution in [1.82, 2.24) is 0 Å². The lowest BCUT2D eigenvalue weighted by Gasteiger charge is -2.45. The molecule has 0 saturated heterocycles. The molecular weight excluding hydrogens is 348 g/mol. The summed E-state index contributed by atoms with van der Waals surface area (Å²) in [4.78, 5) is 22.7. The third-order valence-corrected chi connectivity index (χ3v) is 4.84. The van der Waals surface area contributed by atoms with Crippen molar-refractivity contribution >= 4 is 29.2 Å². The lowest BCUT2D eigenvalue weighted by Crippen LogP contribution is -2.58. The minimum Gasteiger partial charge on any atom is -0.495 e. The molecule has 0 bridgehead atoms. The Labute approximate surface area is 158 Å². The van der Waals surface area contributed by atoms with E-state index in [2.05, 4.69) is 15.3 Å². The number of rotatable bonds is 5. The van der Waals surface area contributed by atoms with Gasteiger partial charge in [-0.1, -0.05) is 6.42 Å². The van der Waals surface area contributed by atoms with E-state index < -0.39 is 5.66 Å². The highest BCUT2D eigenvalue weighted by atomic mass is 16.5. The number of nitrogens with zero attached hydrogens (tertiary/aromatic N) is 3. The van der Waals surface area contributed by atoms with Crippen molar-refractivity contribution in [2.24, 2.45) is 21.5 Å². The van der Waals surface area contributed by atoms with Gasteiger partial charge in [-0.05, 0) is 43.9 Å². The van der Waals surface area contributed by atoms with Crippen LogP contribution in [0.4, 0.5) is 11.4 Å². The topological polar surface area (TPSA) is 128 Å². The highest BCUT2D eigenvalue weighted by Crippen LogP contribution is 2.41. The van der Waals surface area contributed by atoms with E-state index in [1.807, 2.05) is 17.0 Å². The van der Waals surface area contributed by atoms with Gasteiger partial charge in [0, 0.05) is 12.8 Å². The first-order valence-electron chi connectivity index (χ1n) is 8.95. The molecule has 1 aliphatic carbocycles. The summed E-state index contributed by atoms with van der Waals surface area (Å²) in [6, 6.07) is 5.46. The number of carbonyl (C=O) groups excluding carboxylic acids is 1. The molecule has 0 unspecified atom stereocenters. The van der Waals surface area contributed by atoms with Gasteiger partial charge in [0.05, 0.1) is 12.8 Å². The number of hydrogen-bond donors (Lipinski definition) is 3. The monoisotopic (exact) mass is 374 g/mol. The predicted octanol–water partition coefficient (Wildman–Crippen LogP) is 1.39. The molecule has 1 aliphatic heterocycles. The Bertz CT molecular complexity index is 770. The summed E-state index contributed by atoms with van der Waals surface area (Å²) in [5.74, 6) is 0.760. The van der Waals surface area contributed by atoms with Gasteiger partial charge in [0.25, 0.3) is 0 Å². The second-order valence-corrected chi connectivity index (χ2v) is 6.68. The van der Waals surface area contributed by atoms with Crippen LogP contribution in [-0.2, 0) is 9.53 Å². The maximum Gasteiger partial charge on any atom is 0.250 e. The standard InChI is InChI=1S/C18H26N6O3/c1-26-11-15(25)21-13-10-12(6-7-14(13)27-2)24-17(20)22-16(19)23-18(24)8-4-3-5-9-18/h6-7,10H,3-5,8-9,11H2,1-2H3,(H,21,25)(H4,19,20,22,23). The van der Waals surface area contributed by atoms with E-state index in [9.17, 15) is 4.79 Å². The smallest absolute Gasteiger partial charge is 0.250 e. The Balaban J connectivity index is 2.00. The minimum absolute atomic E-state index is 0.0501. The third kappa shape index (κ3) is 3.82. The number of amides is 1. The molecule has 1 saturated carbocycles. The number of aliphatic imine (C=N–C) groups is 2. The fraction of sp³-hybridized carbons (Fsp3) is 0.500. The molecule has 1 heterocycles. The first-order chi connectivity index (χ1) is 13.0. The molecule has 1 spiro atoms. The van der Waals surface area contributed by atoms with Gasteiger partial charge >= 0.3 is 0 Å². The zero-order valence-corrected chi connectivity index (χ0v) is 15.7. The summed E-state index contributed by atoms with van der Waals surface area (Å²) >= 11 is 0. The first-order valence-corrected chi connectivity index (χ1v) is 8.95. The van der Waals surface area contributed by atoms with E-state index in [1.165, 1.54) is 7.11 Å². The molecule has 1 aromatic rings. The van der Waals surface area contributed by atoms with Gasteiger partial charge in [-0.15, -0.1) is 0 Å². The maximum absolute atomic E-state index is 12.0. The van der Waals surface area contributed by atoms with E-state index in [1.54, 1.807) is 13.2 Å². The largest absolute Gasteiger partial charge is 0.495 e. The average Bonchev–Trinajstić information content (AvgIpc) is 2.62. The number of hydrogen-bond acceptors (Lipinski definition) is 8. The van der Waals surface area contributed by atoms with Gasteiger partial charge in [-0.2, -0.15) is 4.99 Å². The molecule has 27 heavy (non-hydrogen) atoms. The summed E-state index contributed by atoms with van der Waals surface area (Å²) in [6.07, 6.45) is 4.90. The lowest BCUT2D eigenvalue weighted by molar-refractivity contribution is -0.119.